The normalized spacial score (nSPS) is 16.5. The van der Waals surface area contributed by atoms with Gasteiger partial charge < -0.3 is 9.32 Å². The predicted molar refractivity (Wildman–Crippen MR) is 110 cm³/mol. The molecule has 0 N–H and O–H groups in total. The number of carbonyl (C=O) groups is 1. The van der Waals surface area contributed by atoms with E-state index in [0.29, 0.717) is 24.6 Å². The zero-order valence-electron chi connectivity index (χ0n) is 16.5. The second kappa shape index (κ2) is 7.12. The monoisotopic (exact) mass is 382 g/mol. The van der Waals surface area contributed by atoms with Crippen molar-refractivity contribution in [3.63, 3.8) is 0 Å². The second-order valence-electron chi connectivity index (χ2n) is 7.43. The molecule has 5 heteroatoms. The number of hydrogen-bond donors (Lipinski definition) is 0. The van der Waals surface area contributed by atoms with Crippen LogP contribution >= 0.6 is 11.3 Å². The predicted octanol–water partition coefficient (Wildman–Crippen LogP) is 5.47. The Bertz CT molecular complexity index is 984. The van der Waals surface area contributed by atoms with Crippen LogP contribution in [0.15, 0.2) is 22.8 Å². The van der Waals surface area contributed by atoms with Gasteiger partial charge in [-0.3, -0.25) is 4.79 Å². The molecule has 3 aromatic heterocycles. The third-order valence-corrected chi connectivity index (χ3v) is 6.80. The molecule has 1 amide bonds. The number of aryl methyl sites for hydroxylation is 2. The maximum Gasteiger partial charge on any atom is 0.256 e. The first-order chi connectivity index (χ1) is 13.0. The van der Waals surface area contributed by atoms with Gasteiger partial charge in [0.2, 0.25) is 0 Å². The van der Waals surface area contributed by atoms with Gasteiger partial charge in [0.15, 0.2) is 0 Å². The van der Waals surface area contributed by atoms with E-state index in [-0.39, 0.29) is 5.91 Å². The summed E-state index contributed by atoms with van der Waals surface area (Å²) >= 11 is 1.79. The molecule has 27 heavy (non-hydrogen) atoms. The molecular weight excluding hydrogens is 356 g/mol. The van der Waals surface area contributed by atoms with Crippen LogP contribution in [0.5, 0.6) is 0 Å². The largest absolute Gasteiger partial charge is 0.464 e. The summed E-state index contributed by atoms with van der Waals surface area (Å²) in [6, 6.07) is 3.85. The van der Waals surface area contributed by atoms with Crippen molar-refractivity contribution in [3.05, 3.63) is 40.1 Å². The molecule has 0 bridgehead atoms. The van der Waals surface area contributed by atoms with E-state index in [1.54, 1.807) is 17.6 Å². The first-order valence-corrected chi connectivity index (χ1v) is 10.6. The molecule has 0 aliphatic heterocycles. The molecule has 0 radical (unpaired) electrons. The third kappa shape index (κ3) is 2.98. The average molecular weight is 383 g/mol. The van der Waals surface area contributed by atoms with Crippen molar-refractivity contribution in [1.82, 2.24) is 9.88 Å². The van der Waals surface area contributed by atoms with Gasteiger partial charge in [0.25, 0.3) is 5.91 Å². The molecule has 4 rings (SSSR count). The van der Waals surface area contributed by atoms with Crippen molar-refractivity contribution < 1.29 is 9.21 Å². The summed E-state index contributed by atoms with van der Waals surface area (Å²) in [6.45, 7) is 9.66. The Labute approximate surface area is 164 Å². The molecule has 142 valence electrons. The number of thiophene rings is 1. The lowest BCUT2D eigenvalue weighted by Gasteiger charge is -2.22. The number of aromatic nitrogens is 1. The summed E-state index contributed by atoms with van der Waals surface area (Å²) in [5, 5.41) is 1.14. The zero-order valence-corrected chi connectivity index (χ0v) is 17.3. The van der Waals surface area contributed by atoms with E-state index in [9.17, 15) is 4.79 Å². The van der Waals surface area contributed by atoms with E-state index in [1.807, 2.05) is 37.8 Å². The Kier molecular flexibility index (Phi) is 4.81. The van der Waals surface area contributed by atoms with Crippen molar-refractivity contribution in [2.75, 3.05) is 13.1 Å². The maximum atomic E-state index is 13.4. The van der Waals surface area contributed by atoms with Crippen LogP contribution in [0.3, 0.4) is 0 Å². The number of fused-ring (bicyclic) bond motifs is 3. The zero-order chi connectivity index (χ0) is 19.1. The lowest BCUT2D eigenvalue weighted by Crippen LogP contribution is -2.31. The molecule has 0 saturated carbocycles. The Hall–Kier alpha value is -2.14. The Balaban J connectivity index is 2.04. The third-order valence-electron chi connectivity index (χ3n) is 5.66. The second-order valence-corrected chi connectivity index (χ2v) is 8.52. The van der Waals surface area contributed by atoms with Gasteiger partial charge in [0, 0.05) is 28.9 Å². The average Bonchev–Trinajstić information content (AvgIpc) is 3.28. The van der Waals surface area contributed by atoms with Gasteiger partial charge in [-0.1, -0.05) is 6.92 Å². The Morgan fingerprint density at radius 2 is 2.15 bits per heavy atom. The fourth-order valence-corrected chi connectivity index (χ4v) is 5.62. The van der Waals surface area contributed by atoms with Crippen LogP contribution in [0.25, 0.3) is 21.5 Å². The molecule has 3 heterocycles. The minimum Gasteiger partial charge on any atom is -0.464 e. The SMILES string of the molecule is CCN(CC)C(=O)c1c(C)nc2sc3c(c2c1-c1ccco1)CC[C@H](C)C3. The summed E-state index contributed by atoms with van der Waals surface area (Å²) in [6.07, 6.45) is 5.02. The highest BCUT2D eigenvalue weighted by Gasteiger charge is 2.29. The highest BCUT2D eigenvalue weighted by Crippen LogP contribution is 2.44. The van der Waals surface area contributed by atoms with Gasteiger partial charge in [0.05, 0.1) is 17.5 Å². The molecule has 1 aliphatic rings. The standard InChI is InChI=1S/C22H26N2O2S/c1-5-24(6-2)22(25)18-14(4)23-21-19(20(18)16-8-7-11-26-16)15-10-9-13(3)12-17(15)27-21/h7-8,11,13H,5-6,9-10,12H2,1-4H3/t13-/m0/s1. The number of nitrogens with zero attached hydrogens (tertiary/aromatic N) is 2. The molecule has 1 atom stereocenters. The van der Waals surface area contributed by atoms with E-state index in [2.05, 4.69) is 6.92 Å². The lowest BCUT2D eigenvalue weighted by atomic mass is 9.87. The van der Waals surface area contributed by atoms with Crippen LogP contribution in [0.2, 0.25) is 0 Å². The number of rotatable bonds is 4. The minimum absolute atomic E-state index is 0.0439. The topological polar surface area (TPSA) is 46.3 Å². The summed E-state index contributed by atoms with van der Waals surface area (Å²) in [4.78, 5) is 22.6. The molecule has 0 spiro atoms. The molecule has 0 fully saturated rings. The van der Waals surface area contributed by atoms with E-state index < -0.39 is 0 Å². The minimum atomic E-state index is 0.0439. The van der Waals surface area contributed by atoms with Crippen molar-refractivity contribution in [2.24, 2.45) is 5.92 Å². The van der Waals surface area contributed by atoms with Crippen LogP contribution in [0.4, 0.5) is 0 Å². The molecule has 3 aromatic rings. The molecule has 0 aromatic carbocycles. The van der Waals surface area contributed by atoms with Crippen LogP contribution in [0.1, 0.15) is 53.7 Å². The van der Waals surface area contributed by atoms with Crippen LogP contribution in [-0.4, -0.2) is 28.9 Å². The lowest BCUT2D eigenvalue weighted by molar-refractivity contribution is 0.0772. The van der Waals surface area contributed by atoms with Crippen molar-refractivity contribution in [1.29, 1.82) is 0 Å². The first kappa shape index (κ1) is 18.2. The van der Waals surface area contributed by atoms with Crippen molar-refractivity contribution in [3.8, 4) is 11.3 Å². The number of hydrogen-bond acceptors (Lipinski definition) is 4. The number of furan rings is 1. The number of pyridine rings is 1. The quantitative estimate of drug-likeness (QED) is 0.601. The summed E-state index contributed by atoms with van der Waals surface area (Å²) < 4.78 is 5.81. The van der Waals surface area contributed by atoms with Crippen LogP contribution in [-0.2, 0) is 12.8 Å². The smallest absolute Gasteiger partial charge is 0.256 e. The van der Waals surface area contributed by atoms with Crippen molar-refractivity contribution in [2.45, 2.75) is 47.0 Å². The summed E-state index contributed by atoms with van der Waals surface area (Å²) in [7, 11) is 0. The van der Waals surface area contributed by atoms with Gasteiger partial charge in [-0.15, -0.1) is 11.3 Å². The fraction of sp³-hybridized carbons (Fsp3) is 0.455. The fourth-order valence-electron chi connectivity index (χ4n) is 4.18. The Morgan fingerprint density at radius 1 is 1.37 bits per heavy atom. The van der Waals surface area contributed by atoms with Gasteiger partial charge in [-0.05, 0) is 63.6 Å². The number of carbonyl (C=O) groups excluding carboxylic acids is 1. The first-order valence-electron chi connectivity index (χ1n) is 9.83. The molecule has 0 saturated heterocycles. The van der Waals surface area contributed by atoms with Gasteiger partial charge in [-0.2, -0.15) is 0 Å². The summed E-state index contributed by atoms with van der Waals surface area (Å²) in [5.74, 6) is 1.51. The molecule has 0 unspecified atom stereocenters. The molecular formula is C22H26N2O2S. The van der Waals surface area contributed by atoms with Gasteiger partial charge in [0.1, 0.15) is 10.6 Å². The van der Waals surface area contributed by atoms with Crippen LogP contribution < -0.4 is 0 Å². The Morgan fingerprint density at radius 3 is 2.81 bits per heavy atom. The van der Waals surface area contributed by atoms with E-state index in [0.717, 1.165) is 40.1 Å². The van der Waals surface area contributed by atoms with Crippen LogP contribution in [0, 0.1) is 12.8 Å². The van der Waals surface area contributed by atoms with Gasteiger partial charge in [-0.25, -0.2) is 4.98 Å². The highest BCUT2D eigenvalue weighted by atomic mass is 32.1. The van der Waals surface area contributed by atoms with Gasteiger partial charge >= 0.3 is 0 Å². The number of amides is 1. The van der Waals surface area contributed by atoms with E-state index in [1.165, 1.54) is 16.9 Å². The summed E-state index contributed by atoms with van der Waals surface area (Å²) in [5.41, 5.74) is 3.80. The van der Waals surface area contributed by atoms with Crippen molar-refractivity contribution >= 4 is 27.5 Å². The van der Waals surface area contributed by atoms with E-state index in [4.69, 9.17) is 9.40 Å². The molecule has 4 nitrogen and oxygen atoms in total. The maximum absolute atomic E-state index is 13.4. The highest BCUT2D eigenvalue weighted by molar-refractivity contribution is 7.19. The molecule has 1 aliphatic carbocycles. The van der Waals surface area contributed by atoms with E-state index >= 15 is 0 Å².